The molecule has 0 amide bonds. The lowest BCUT2D eigenvalue weighted by Gasteiger charge is -2.21. The molecule has 0 fully saturated rings. The molecule has 0 bridgehead atoms. The van der Waals surface area contributed by atoms with E-state index in [0.29, 0.717) is 12.1 Å². The molecule has 0 radical (unpaired) electrons. The van der Waals surface area contributed by atoms with E-state index >= 15 is 0 Å². The SMILES string of the molecule is COc1ccccc1N(C)Cc1cccc(C(=O)O)c1. The molecule has 0 spiro atoms. The van der Waals surface area contributed by atoms with E-state index in [-0.39, 0.29) is 0 Å². The van der Waals surface area contributed by atoms with Crippen molar-refractivity contribution < 1.29 is 14.6 Å². The Hall–Kier alpha value is -2.49. The molecule has 0 atom stereocenters. The minimum absolute atomic E-state index is 0.302. The van der Waals surface area contributed by atoms with Gasteiger partial charge in [-0.15, -0.1) is 0 Å². The van der Waals surface area contributed by atoms with Crippen LogP contribution in [0.25, 0.3) is 0 Å². The van der Waals surface area contributed by atoms with Crippen molar-refractivity contribution in [2.75, 3.05) is 19.1 Å². The minimum atomic E-state index is -0.910. The number of hydrogen-bond donors (Lipinski definition) is 1. The van der Waals surface area contributed by atoms with Crippen LogP contribution in [-0.2, 0) is 6.54 Å². The van der Waals surface area contributed by atoms with Crippen LogP contribution in [0.2, 0.25) is 0 Å². The highest BCUT2D eigenvalue weighted by atomic mass is 16.5. The molecular weight excluding hydrogens is 254 g/mol. The van der Waals surface area contributed by atoms with Crippen molar-refractivity contribution in [2.24, 2.45) is 0 Å². The fourth-order valence-electron chi connectivity index (χ4n) is 2.11. The average molecular weight is 271 g/mol. The van der Waals surface area contributed by atoms with Crippen LogP contribution >= 0.6 is 0 Å². The Morgan fingerprint density at radius 2 is 1.95 bits per heavy atom. The van der Waals surface area contributed by atoms with E-state index in [1.165, 1.54) is 0 Å². The molecule has 104 valence electrons. The molecule has 0 aliphatic rings. The summed E-state index contributed by atoms with van der Waals surface area (Å²) >= 11 is 0. The van der Waals surface area contributed by atoms with E-state index in [0.717, 1.165) is 17.0 Å². The van der Waals surface area contributed by atoms with Gasteiger partial charge in [0.2, 0.25) is 0 Å². The summed E-state index contributed by atoms with van der Waals surface area (Å²) in [6.07, 6.45) is 0. The van der Waals surface area contributed by atoms with Gasteiger partial charge in [-0.2, -0.15) is 0 Å². The van der Waals surface area contributed by atoms with E-state index in [1.54, 1.807) is 25.3 Å². The number of benzene rings is 2. The van der Waals surface area contributed by atoms with Gasteiger partial charge in [0.15, 0.2) is 0 Å². The number of carbonyl (C=O) groups is 1. The number of aromatic carboxylic acids is 1. The van der Waals surface area contributed by atoms with Crippen molar-refractivity contribution in [3.63, 3.8) is 0 Å². The Bertz CT molecular complexity index is 610. The lowest BCUT2D eigenvalue weighted by molar-refractivity contribution is 0.0696. The zero-order valence-corrected chi connectivity index (χ0v) is 11.5. The molecular formula is C16H17NO3. The van der Waals surface area contributed by atoms with Gasteiger partial charge >= 0.3 is 5.97 Å². The number of rotatable bonds is 5. The first-order chi connectivity index (χ1) is 9.61. The van der Waals surface area contributed by atoms with Gasteiger partial charge in [-0.1, -0.05) is 24.3 Å². The van der Waals surface area contributed by atoms with Gasteiger partial charge in [0.05, 0.1) is 18.4 Å². The standard InChI is InChI=1S/C16H17NO3/c1-17(14-8-3-4-9-15(14)20-2)11-12-6-5-7-13(10-12)16(18)19/h3-10H,11H2,1-2H3,(H,18,19). The Balaban J connectivity index is 2.21. The van der Waals surface area contributed by atoms with Crippen LogP contribution in [0.15, 0.2) is 48.5 Å². The molecule has 0 aromatic heterocycles. The predicted octanol–water partition coefficient (Wildman–Crippen LogP) is 3.03. The largest absolute Gasteiger partial charge is 0.495 e. The van der Waals surface area contributed by atoms with Gasteiger partial charge in [-0.3, -0.25) is 0 Å². The number of para-hydroxylation sites is 2. The molecule has 0 heterocycles. The maximum absolute atomic E-state index is 11.0. The maximum Gasteiger partial charge on any atom is 0.335 e. The van der Waals surface area contributed by atoms with Gasteiger partial charge in [0.25, 0.3) is 0 Å². The van der Waals surface area contributed by atoms with Gasteiger partial charge in [-0.05, 0) is 29.8 Å². The third-order valence-electron chi connectivity index (χ3n) is 3.09. The van der Waals surface area contributed by atoms with Crippen molar-refractivity contribution >= 4 is 11.7 Å². The number of hydrogen-bond acceptors (Lipinski definition) is 3. The average Bonchev–Trinajstić information content (AvgIpc) is 2.47. The highest BCUT2D eigenvalue weighted by molar-refractivity contribution is 5.87. The van der Waals surface area contributed by atoms with Crippen molar-refractivity contribution in [1.82, 2.24) is 0 Å². The minimum Gasteiger partial charge on any atom is -0.495 e. The molecule has 0 aliphatic carbocycles. The van der Waals surface area contributed by atoms with Crippen molar-refractivity contribution in [3.05, 3.63) is 59.7 Å². The van der Waals surface area contributed by atoms with E-state index in [1.807, 2.05) is 42.3 Å². The summed E-state index contributed by atoms with van der Waals surface area (Å²) in [4.78, 5) is 13.0. The van der Waals surface area contributed by atoms with E-state index in [4.69, 9.17) is 9.84 Å². The van der Waals surface area contributed by atoms with Crippen LogP contribution in [0.1, 0.15) is 15.9 Å². The second-order valence-electron chi connectivity index (χ2n) is 4.53. The normalized spacial score (nSPS) is 10.1. The molecule has 0 saturated heterocycles. The summed E-state index contributed by atoms with van der Waals surface area (Å²) in [5.74, 6) is -0.115. The lowest BCUT2D eigenvalue weighted by Crippen LogP contribution is -2.17. The lowest BCUT2D eigenvalue weighted by atomic mass is 10.1. The Morgan fingerprint density at radius 3 is 2.65 bits per heavy atom. The fraction of sp³-hybridized carbons (Fsp3) is 0.188. The third-order valence-corrected chi connectivity index (χ3v) is 3.09. The smallest absolute Gasteiger partial charge is 0.335 e. The molecule has 2 aromatic carbocycles. The number of nitrogens with zero attached hydrogens (tertiary/aromatic N) is 1. The van der Waals surface area contributed by atoms with E-state index < -0.39 is 5.97 Å². The molecule has 2 rings (SSSR count). The Morgan fingerprint density at radius 1 is 1.20 bits per heavy atom. The summed E-state index contributed by atoms with van der Waals surface area (Å²) < 4.78 is 5.33. The van der Waals surface area contributed by atoms with Crippen molar-refractivity contribution in [3.8, 4) is 5.75 Å². The Kier molecular flexibility index (Phi) is 4.25. The summed E-state index contributed by atoms with van der Waals surface area (Å²) in [6.45, 7) is 0.613. The predicted molar refractivity (Wildman–Crippen MR) is 78.5 cm³/mol. The van der Waals surface area contributed by atoms with Crippen LogP contribution < -0.4 is 9.64 Å². The van der Waals surface area contributed by atoms with Gasteiger partial charge in [0.1, 0.15) is 5.75 Å². The summed E-state index contributed by atoms with van der Waals surface area (Å²) in [5.41, 5.74) is 2.21. The summed E-state index contributed by atoms with van der Waals surface area (Å²) in [7, 11) is 3.59. The van der Waals surface area contributed by atoms with Crippen molar-refractivity contribution in [2.45, 2.75) is 6.54 Å². The van der Waals surface area contributed by atoms with E-state index in [9.17, 15) is 4.79 Å². The maximum atomic E-state index is 11.0. The molecule has 4 heteroatoms. The second kappa shape index (κ2) is 6.10. The van der Waals surface area contributed by atoms with Crippen LogP contribution in [0.3, 0.4) is 0 Å². The van der Waals surface area contributed by atoms with Crippen LogP contribution in [0, 0.1) is 0 Å². The highest BCUT2D eigenvalue weighted by Gasteiger charge is 2.09. The first-order valence-corrected chi connectivity index (χ1v) is 6.28. The van der Waals surface area contributed by atoms with Crippen molar-refractivity contribution in [1.29, 1.82) is 0 Å². The monoisotopic (exact) mass is 271 g/mol. The Labute approximate surface area is 118 Å². The van der Waals surface area contributed by atoms with Gasteiger partial charge in [0, 0.05) is 13.6 Å². The topological polar surface area (TPSA) is 49.8 Å². The van der Waals surface area contributed by atoms with E-state index in [2.05, 4.69) is 0 Å². The first kappa shape index (κ1) is 13.9. The molecule has 0 aliphatic heterocycles. The van der Waals surface area contributed by atoms with Gasteiger partial charge < -0.3 is 14.7 Å². The number of ether oxygens (including phenoxy) is 1. The molecule has 1 N–H and O–H groups in total. The fourth-order valence-corrected chi connectivity index (χ4v) is 2.11. The zero-order valence-electron chi connectivity index (χ0n) is 11.5. The quantitative estimate of drug-likeness (QED) is 0.908. The molecule has 0 unspecified atom stereocenters. The van der Waals surface area contributed by atoms with Crippen LogP contribution in [-0.4, -0.2) is 25.2 Å². The molecule has 2 aromatic rings. The summed E-state index contributed by atoms with van der Waals surface area (Å²) in [5, 5.41) is 9.01. The highest BCUT2D eigenvalue weighted by Crippen LogP contribution is 2.27. The number of methoxy groups -OCH3 is 1. The summed E-state index contributed by atoms with van der Waals surface area (Å²) in [6, 6.07) is 14.7. The van der Waals surface area contributed by atoms with Gasteiger partial charge in [-0.25, -0.2) is 4.79 Å². The van der Waals surface area contributed by atoms with Crippen LogP contribution in [0.5, 0.6) is 5.75 Å². The zero-order chi connectivity index (χ0) is 14.5. The molecule has 0 saturated carbocycles. The molecule has 20 heavy (non-hydrogen) atoms. The number of carboxylic acids is 1. The number of carboxylic acid groups (broad SMARTS) is 1. The first-order valence-electron chi connectivity index (χ1n) is 6.28. The second-order valence-corrected chi connectivity index (χ2v) is 4.53. The molecule has 4 nitrogen and oxygen atoms in total. The van der Waals surface area contributed by atoms with Crippen LogP contribution in [0.4, 0.5) is 5.69 Å². The number of anilines is 1. The third kappa shape index (κ3) is 3.09.